The molecule has 0 saturated heterocycles. The van der Waals surface area contributed by atoms with Gasteiger partial charge in [0.15, 0.2) is 0 Å². The number of rotatable bonds is 5. The van der Waals surface area contributed by atoms with Crippen molar-refractivity contribution in [2.75, 3.05) is 0 Å². The Bertz CT molecular complexity index is 1270. The van der Waals surface area contributed by atoms with E-state index in [0.717, 1.165) is 0 Å². The van der Waals surface area contributed by atoms with E-state index in [1.807, 2.05) is 0 Å². The molecule has 0 bridgehead atoms. The highest BCUT2D eigenvalue weighted by Crippen LogP contribution is 2.78. The molecule has 3 aromatic rings. The zero-order chi connectivity index (χ0) is 27.4. The molecule has 0 spiro atoms. The first kappa shape index (κ1) is 32.5. The molecule has 0 aliphatic heterocycles. The van der Waals surface area contributed by atoms with Crippen LogP contribution in [-0.2, 0) is 13.7 Å². The van der Waals surface area contributed by atoms with Gasteiger partial charge in [-0.25, -0.2) is 0 Å². The van der Waals surface area contributed by atoms with Gasteiger partial charge in [0, 0.05) is 40.3 Å². The molecule has 0 aliphatic rings. The topological polar surface area (TPSA) is 43.4 Å². The lowest BCUT2D eigenvalue weighted by Crippen LogP contribution is -2.28. The second kappa shape index (κ2) is 12.1. The lowest BCUT2D eigenvalue weighted by atomic mass is 10.3. The molecule has 0 heterocycles. The van der Waals surface area contributed by atoms with Crippen LogP contribution in [0.3, 0.4) is 0 Å². The highest BCUT2D eigenvalue weighted by molar-refractivity contribution is 9.12. The largest absolute Gasteiger partial charge is 0.524 e. The summed E-state index contributed by atoms with van der Waals surface area (Å²) in [6.07, 6.45) is 0. The summed E-state index contributed by atoms with van der Waals surface area (Å²) < 4.78 is 76.3. The Morgan fingerprint density at radius 2 is 0.750 bits per heavy atom. The molecule has 0 aliphatic carbocycles. The molecule has 3 nitrogen and oxygen atoms in total. The summed E-state index contributed by atoms with van der Waals surface area (Å²) in [4.78, 5) is 0.392. The summed E-state index contributed by atoms with van der Waals surface area (Å²) in [7, 11) is -9.91. The van der Waals surface area contributed by atoms with Gasteiger partial charge in [-0.15, -0.1) is 0 Å². The van der Waals surface area contributed by atoms with Crippen molar-refractivity contribution in [2.45, 2.75) is 20.2 Å². The number of benzene rings is 3. The van der Waals surface area contributed by atoms with Crippen molar-refractivity contribution in [3.8, 4) is 0 Å². The fraction of sp³-hybridized carbons (Fsp3) is 0.0526. The van der Waals surface area contributed by atoms with Crippen molar-refractivity contribution in [1.29, 1.82) is 0 Å². The highest BCUT2D eigenvalue weighted by atomic mass is 79.9. The molecule has 3 aromatic carbocycles. The van der Waals surface area contributed by atoms with Crippen LogP contribution in [0.1, 0.15) is 0 Å². The van der Waals surface area contributed by atoms with Gasteiger partial charge in [0.1, 0.15) is 0 Å². The summed E-state index contributed by atoms with van der Waals surface area (Å²) in [5.41, 5.74) is -5.71. The number of halogens is 12. The number of alkyl halides is 3. The molecule has 196 valence electrons. The van der Waals surface area contributed by atoms with Crippen LogP contribution in [0, 0.1) is 0 Å². The van der Waals surface area contributed by atoms with Gasteiger partial charge in [0.05, 0.1) is 14.7 Å². The summed E-state index contributed by atoms with van der Waals surface area (Å²) in [6, 6.07) is 9.54. The van der Waals surface area contributed by atoms with E-state index < -0.39 is 25.9 Å². The van der Waals surface area contributed by atoms with E-state index in [0.29, 0.717) is 40.3 Å². The smallest absolute Gasteiger partial charge is 0.199 e. The van der Waals surface area contributed by atoms with Crippen LogP contribution in [0.25, 0.3) is 0 Å². The third-order valence-corrected chi connectivity index (χ3v) is 16.1. The molecule has 0 saturated carbocycles. The lowest BCUT2D eigenvalue weighted by molar-refractivity contribution is -0.0496. The van der Waals surface area contributed by atoms with Crippen LogP contribution >= 0.6 is 154 Å². The normalized spacial score (nSPS) is 13.2. The molecule has 0 fully saturated rings. The quantitative estimate of drug-likeness (QED) is 0.239. The van der Waals surface area contributed by atoms with Crippen LogP contribution in [0.2, 0.25) is 0 Å². The Hall–Kier alpha value is 2.03. The standard InChI is InChI=1S/C19H6Br9F3O3S2/c20-7-1-10(23)16(11(24)2-7)35(34-36(32,33)19(29,30)31,17-12(25)3-8(21)4-13(17)26)18-14(27)5-9(22)6-15(18)28/h1-6H. The van der Waals surface area contributed by atoms with Crippen LogP contribution in [0.4, 0.5) is 13.2 Å². The SMILES string of the molecule is O=S(=O)(OS(c1c(Br)cc(Br)cc1Br)(c1c(Br)cc(Br)cc1Br)c1c(Br)cc(Br)cc1Br)C(F)(F)F. The minimum absolute atomic E-state index is 0.131. The Balaban J connectivity index is 2.74. The molecule has 0 unspecified atom stereocenters. The van der Waals surface area contributed by atoms with E-state index in [-0.39, 0.29) is 14.7 Å². The van der Waals surface area contributed by atoms with E-state index in [9.17, 15) is 21.6 Å². The predicted molar refractivity (Wildman–Crippen MR) is 167 cm³/mol. The molecular formula is C19H6Br9F3O3S2. The van der Waals surface area contributed by atoms with E-state index in [2.05, 4.69) is 143 Å². The van der Waals surface area contributed by atoms with Gasteiger partial charge in [-0.1, -0.05) is 47.8 Å². The van der Waals surface area contributed by atoms with E-state index in [1.165, 1.54) is 0 Å². The van der Waals surface area contributed by atoms with Crippen molar-refractivity contribution in [3.63, 3.8) is 0 Å². The van der Waals surface area contributed by atoms with Gasteiger partial charge >= 0.3 is 15.6 Å². The molecule has 0 N–H and O–H groups in total. The van der Waals surface area contributed by atoms with Crippen molar-refractivity contribution < 1.29 is 25.2 Å². The molecule has 17 heteroatoms. The van der Waals surface area contributed by atoms with Crippen molar-refractivity contribution in [2.24, 2.45) is 0 Å². The molecule has 3 rings (SSSR count). The average Bonchev–Trinajstić information content (AvgIpc) is 2.63. The van der Waals surface area contributed by atoms with Crippen LogP contribution in [0.5, 0.6) is 0 Å². The Kier molecular flexibility index (Phi) is 10.9. The second-order valence-electron chi connectivity index (χ2n) is 6.62. The van der Waals surface area contributed by atoms with Crippen molar-refractivity contribution >= 4 is 164 Å². The molecule has 0 amide bonds. The minimum atomic E-state index is -6.15. The van der Waals surface area contributed by atoms with Gasteiger partial charge in [-0.05, 0) is 142 Å². The number of hydrogen-bond donors (Lipinski definition) is 0. The fourth-order valence-corrected chi connectivity index (χ4v) is 18.7. The maximum Gasteiger partial charge on any atom is 0.524 e. The predicted octanol–water partition coefficient (Wildman–Crippen LogP) is 12.6. The minimum Gasteiger partial charge on any atom is -0.199 e. The van der Waals surface area contributed by atoms with E-state index in [1.54, 1.807) is 36.4 Å². The third kappa shape index (κ3) is 6.41. The maximum atomic E-state index is 13.9. The van der Waals surface area contributed by atoms with Crippen molar-refractivity contribution in [3.05, 3.63) is 76.7 Å². The first-order valence-corrected chi connectivity index (χ1v) is 18.8. The molecule has 36 heavy (non-hydrogen) atoms. The third-order valence-electron chi connectivity index (χ3n) is 4.23. The maximum absolute atomic E-state index is 13.9. The van der Waals surface area contributed by atoms with Gasteiger partial charge < -0.3 is 0 Å². The monoisotopic (exact) mass is 1110 g/mol. The molecule has 0 radical (unpaired) electrons. The highest BCUT2D eigenvalue weighted by Gasteiger charge is 2.55. The van der Waals surface area contributed by atoms with E-state index in [4.69, 9.17) is 3.63 Å². The van der Waals surface area contributed by atoms with Gasteiger partial charge in [-0.2, -0.15) is 25.2 Å². The van der Waals surface area contributed by atoms with E-state index >= 15 is 0 Å². The Labute approximate surface area is 281 Å². The second-order valence-corrected chi connectivity index (χ2v) is 18.7. The van der Waals surface area contributed by atoms with Gasteiger partial charge in [-0.3, -0.25) is 0 Å². The van der Waals surface area contributed by atoms with Gasteiger partial charge in [0.2, 0.25) is 0 Å². The zero-order valence-corrected chi connectivity index (χ0v) is 32.4. The average molecular weight is 1120 g/mol. The Morgan fingerprint density at radius 3 is 0.944 bits per heavy atom. The summed E-state index contributed by atoms with van der Waals surface area (Å²) in [5, 5.41) is 0. The van der Waals surface area contributed by atoms with Crippen LogP contribution in [0.15, 0.2) is 91.3 Å². The lowest BCUT2D eigenvalue weighted by Gasteiger charge is -2.42. The van der Waals surface area contributed by atoms with Gasteiger partial charge in [0.25, 0.3) is 0 Å². The first-order chi connectivity index (χ1) is 16.4. The molecule has 0 aromatic heterocycles. The first-order valence-electron chi connectivity index (χ1n) is 8.72. The summed E-state index contributed by atoms with van der Waals surface area (Å²) in [5.74, 6) is 0. The fourth-order valence-electron chi connectivity index (χ4n) is 2.99. The molecular weight excluding hydrogens is 1120 g/mol. The Morgan fingerprint density at radius 1 is 0.528 bits per heavy atom. The zero-order valence-electron chi connectivity index (χ0n) is 16.5. The molecule has 0 atom stereocenters. The summed E-state index contributed by atoms with van der Waals surface area (Å²) in [6.45, 7) is 0. The van der Waals surface area contributed by atoms with Crippen LogP contribution in [-0.4, -0.2) is 13.9 Å². The van der Waals surface area contributed by atoms with Crippen LogP contribution < -0.4 is 0 Å². The summed E-state index contributed by atoms with van der Waals surface area (Å²) >= 11 is 30.7. The van der Waals surface area contributed by atoms with Crippen molar-refractivity contribution in [1.82, 2.24) is 0 Å². The number of hydrogen-bond acceptors (Lipinski definition) is 3.